The van der Waals surface area contributed by atoms with Gasteiger partial charge < -0.3 is 24.6 Å². The van der Waals surface area contributed by atoms with Crippen LogP contribution in [0, 0.1) is 12.7 Å². The van der Waals surface area contributed by atoms with Crippen LogP contribution in [-0.4, -0.2) is 56.1 Å². The van der Waals surface area contributed by atoms with Crippen LogP contribution in [-0.2, 0) is 4.74 Å². The van der Waals surface area contributed by atoms with Crippen LogP contribution in [0.2, 0.25) is 0 Å². The number of halogens is 1. The Labute approximate surface area is 263 Å². The molecule has 1 fully saturated rings. The summed E-state index contributed by atoms with van der Waals surface area (Å²) >= 11 is 0. The van der Waals surface area contributed by atoms with Crippen LogP contribution in [0.5, 0.6) is 11.5 Å². The molecule has 8 nitrogen and oxygen atoms in total. The number of ether oxygens (including phenoxy) is 3. The molecule has 1 amide bonds. The van der Waals surface area contributed by atoms with Gasteiger partial charge in [-0.3, -0.25) is 4.90 Å². The van der Waals surface area contributed by atoms with E-state index < -0.39 is 17.7 Å². The molecule has 240 valence electrons. The molecule has 1 aliphatic heterocycles. The smallest absolute Gasteiger partial charge is 0.415 e. The maximum atomic E-state index is 13.0. The molecular weight excluding hydrogens is 582 g/mol. The predicted octanol–water partition coefficient (Wildman–Crippen LogP) is 7.22. The van der Waals surface area contributed by atoms with E-state index in [0.29, 0.717) is 24.1 Å². The number of rotatable bonds is 11. The molecule has 0 aliphatic carbocycles. The van der Waals surface area contributed by atoms with Crippen molar-refractivity contribution in [1.29, 1.82) is 0 Å². The molecule has 0 bridgehead atoms. The number of carboxylic acid groups (broad SMARTS) is 1. The number of carboxylic acids is 1. The highest BCUT2D eigenvalue weighted by atomic mass is 31.0. The van der Waals surface area contributed by atoms with Gasteiger partial charge in [-0.15, -0.1) is 9.24 Å². The number of aromatic carboxylic acids is 1. The predicted molar refractivity (Wildman–Crippen MR) is 178 cm³/mol. The van der Waals surface area contributed by atoms with Crippen molar-refractivity contribution in [3.05, 3.63) is 71.5 Å². The molecule has 0 spiro atoms. The number of amides is 1. The Hall–Kier alpha value is -3.68. The van der Waals surface area contributed by atoms with E-state index in [9.17, 15) is 14.0 Å². The molecule has 1 heterocycles. The van der Waals surface area contributed by atoms with Crippen LogP contribution in [0.25, 0.3) is 11.1 Å². The van der Waals surface area contributed by atoms with Crippen molar-refractivity contribution in [2.45, 2.75) is 60.0 Å². The van der Waals surface area contributed by atoms with Gasteiger partial charge in [-0.2, -0.15) is 0 Å². The number of aryl methyl sites for hydroxylation is 1. The highest BCUT2D eigenvalue weighted by Crippen LogP contribution is 2.39. The van der Waals surface area contributed by atoms with Gasteiger partial charge in [-0.25, -0.2) is 14.0 Å². The number of cyclic esters (lactones) is 1. The molecule has 1 saturated heterocycles. The molecule has 0 aromatic heterocycles. The van der Waals surface area contributed by atoms with Gasteiger partial charge in [0.05, 0.1) is 37.1 Å². The van der Waals surface area contributed by atoms with Crippen molar-refractivity contribution >= 4 is 32.3 Å². The zero-order chi connectivity index (χ0) is 32.9. The second-order valence-corrected chi connectivity index (χ2v) is 10.9. The van der Waals surface area contributed by atoms with Gasteiger partial charge in [0.2, 0.25) is 0 Å². The maximum Gasteiger partial charge on any atom is 0.415 e. The van der Waals surface area contributed by atoms with Crippen LogP contribution in [0.1, 0.15) is 63.4 Å². The van der Waals surface area contributed by atoms with Crippen LogP contribution < -0.4 is 25.0 Å². The zero-order valence-electron chi connectivity index (χ0n) is 26.8. The molecule has 2 N–H and O–H groups in total. The summed E-state index contributed by atoms with van der Waals surface area (Å²) in [7, 11) is 4.11. The molecule has 3 aromatic carbocycles. The third-order valence-corrected chi connectivity index (χ3v) is 7.19. The van der Waals surface area contributed by atoms with Gasteiger partial charge in [0.1, 0.15) is 22.9 Å². The van der Waals surface area contributed by atoms with Gasteiger partial charge in [0, 0.05) is 6.42 Å². The summed E-state index contributed by atoms with van der Waals surface area (Å²) in [6.07, 6.45) is 1.40. The van der Waals surface area contributed by atoms with E-state index in [4.69, 9.17) is 19.3 Å². The largest absolute Gasteiger partial charge is 0.496 e. The second kappa shape index (κ2) is 17.6. The van der Waals surface area contributed by atoms with Crippen LogP contribution in [0.3, 0.4) is 0 Å². The lowest BCUT2D eigenvalue weighted by atomic mass is 10.0. The number of methoxy groups -OCH3 is 1. The lowest BCUT2D eigenvalue weighted by molar-refractivity contribution is 0.0652. The summed E-state index contributed by atoms with van der Waals surface area (Å²) < 4.78 is 29.7. The molecule has 2 atom stereocenters. The molecule has 2 unspecified atom stereocenters. The van der Waals surface area contributed by atoms with Crippen LogP contribution >= 0.6 is 9.24 Å². The average Bonchev–Trinajstić information content (AvgIpc) is 3.30. The first-order valence-corrected chi connectivity index (χ1v) is 15.5. The van der Waals surface area contributed by atoms with Crippen LogP contribution in [0.4, 0.5) is 14.9 Å². The van der Waals surface area contributed by atoms with Crippen molar-refractivity contribution in [2.75, 3.05) is 38.3 Å². The van der Waals surface area contributed by atoms with Gasteiger partial charge >= 0.3 is 12.1 Å². The lowest BCUT2D eigenvalue weighted by Gasteiger charge is -2.22. The highest BCUT2D eigenvalue weighted by molar-refractivity contribution is 7.28. The van der Waals surface area contributed by atoms with Crippen LogP contribution in [0.15, 0.2) is 54.6 Å². The molecule has 10 heteroatoms. The second-order valence-electron chi connectivity index (χ2n) is 10.3. The van der Waals surface area contributed by atoms with Gasteiger partial charge in [0.25, 0.3) is 0 Å². The summed E-state index contributed by atoms with van der Waals surface area (Å²) in [4.78, 5) is 24.8. The normalized spacial score (nSPS) is 15.4. The molecule has 4 rings (SSSR count). The minimum atomic E-state index is -0.990. The van der Waals surface area contributed by atoms with Gasteiger partial charge in [-0.1, -0.05) is 32.9 Å². The number of benzene rings is 3. The van der Waals surface area contributed by atoms with E-state index in [1.165, 1.54) is 24.3 Å². The number of nitrogens with one attached hydrogen (secondary N) is 1. The minimum Gasteiger partial charge on any atom is -0.496 e. The summed E-state index contributed by atoms with van der Waals surface area (Å²) in [5, 5.41) is 13.0. The number of carbonyl (C=O) groups excluding carboxylic acids is 1. The van der Waals surface area contributed by atoms with Crippen molar-refractivity contribution in [2.24, 2.45) is 0 Å². The fraction of sp³-hybridized carbons (Fsp3) is 0.412. The first kappa shape index (κ1) is 36.5. The van der Waals surface area contributed by atoms with E-state index in [-0.39, 0.29) is 11.4 Å². The van der Waals surface area contributed by atoms with Crippen molar-refractivity contribution in [3.63, 3.8) is 0 Å². The number of hydrogen-bond acceptors (Lipinski definition) is 6. The van der Waals surface area contributed by atoms with Crippen molar-refractivity contribution in [1.82, 2.24) is 5.32 Å². The highest BCUT2D eigenvalue weighted by Gasteiger charge is 2.42. The Morgan fingerprint density at radius 2 is 1.75 bits per heavy atom. The first-order valence-electron chi connectivity index (χ1n) is 14.9. The van der Waals surface area contributed by atoms with E-state index in [2.05, 4.69) is 21.5 Å². The summed E-state index contributed by atoms with van der Waals surface area (Å²) in [5.41, 5.74) is 3.11. The first-order chi connectivity index (χ1) is 21.0. The minimum absolute atomic E-state index is 0.192. The van der Waals surface area contributed by atoms with Crippen molar-refractivity contribution in [3.8, 4) is 22.6 Å². The Morgan fingerprint density at radius 1 is 1.09 bits per heavy atom. The van der Waals surface area contributed by atoms with E-state index in [1.807, 2.05) is 46.8 Å². The molecular formula is C34H46FN2O6P. The van der Waals surface area contributed by atoms with Crippen molar-refractivity contribution < 1.29 is 33.3 Å². The lowest BCUT2D eigenvalue weighted by Crippen LogP contribution is -2.35. The molecule has 1 aliphatic rings. The Morgan fingerprint density at radius 3 is 2.32 bits per heavy atom. The standard InChI is InChI=1S/C16H17FO2.C16H23N2O4P.C2H6/c1-4-19-15-10-11(2)9-14(18-3)16(15)12-5-7-13(17)8-6-12;1-3-7-17-8-6-16(2)10-18(15(21)22-16)12-5-4-11(14(19)20)9-13(12)23;1-2/h5-10H,4H2,1-3H3;4-5,9,17H,3,6-8,10,23H2,1-2H3,(H,19,20);1-2H3. The maximum absolute atomic E-state index is 13.0. The fourth-order valence-corrected chi connectivity index (χ4v) is 5.08. The SMILES string of the molecule is CC.CCCNCCC1(C)CN(c2ccc(C(=O)O)cc2P)C(=O)O1.CCOc1cc(C)cc(OC)c1-c1ccc(F)cc1. The number of anilines is 1. The summed E-state index contributed by atoms with van der Waals surface area (Å²) in [6.45, 7) is 14.7. The quantitative estimate of drug-likeness (QED) is 0.171. The Balaban J connectivity index is 0.000000295. The zero-order valence-corrected chi connectivity index (χ0v) is 28.0. The third kappa shape index (κ3) is 9.93. The van der Waals surface area contributed by atoms with E-state index in [0.717, 1.165) is 54.1 Å². The van der Waals surface area contributed by atoms with E-state index >= 15 is 0 Å². The number of hydrogen-bond donors (Lipinski definition) is 2. The third-order valence-electron chi connectivity index (χ3n) is 6.73. The monoisotopic (exact) mass is 628 g/mol. The van der Waals surface area contributed by atoms with Gasteiger partial charge in [0.15, 0.2) is 0 Å². The summed E-state index contributed by atoms with van der Waals surface area (Å²) in [5.74, 6) is 0.241. The van der Waals surface area contributed by atoms with Gasteiger partial charge in [-0.05, 0) is 99.2 Å². The summed E-state index contributed by atoms with van der Waals surface area (Å²) in [6, 6.07) is 14.9. The molecule has 3 aromatic rings. The fourth-order valence-electron chi connectivity index (χ4n) is 4.65. The number of carbonyl (C=O) groups is 2. The topological polar surface area (TPSA) is 97.3 Å². The molecule has 44 heavy (non-hydrogen) atoms. The Kier molecular flexibility index (Phi) is 14.6. The number of nitrogens with zero attached hydrogens (tertiary/aromatic N) is 1. The Bertz CT molecular complexity index is 1380. The van der Waals surface area contributed by atoms with E-state index in [1.54, 1.807) is 30.2 Å². The molecule has 0 saturated carbocycles. The average molecular weight is 629 g/mol. The molecule has 0 radical (unpaired) electrons.